The zero-order valence-corrected chi connectivity index (χ0v) is 13.1. The number of nitriles is 1. The lowest BCUT2D eigenvalue weighted by atomic mass is 10.1. The molecule has 1 aromatic heterocycles. The second-order valence-corrected chi connectivity index (χ2v) is 6.11. The van der Waals surface area contributed by atoms with Crippen molar-refractivity contribution in [2.24, 2.45) is 12.0 Å². The van der Waals surface area contributed by atoms with E-state index in [-0.39, 0.29) is 5.91 Å². The molecule has 0 bridgehead atoms. The van der Waals surface area contributed by atoms with Gasteiger partial charge in [-0.1, -0.05) is 22.9 Å². The topological polar surface area (TPSA) is 58.1 Å². The average Bonchev–Trinajstić information content (AvgIpc) is 2.82. The molecule has 0 unspecified atom stereocenters. The Morgan fingerprint density at radius 3 is 2.68 bits per heavy atom. The van der Waals surface area contributed by atoms with Gasteiger partial charge in [-0.05, 0) is 42.5 Å². The predicted molar refractivity (Wildman–Crippen MR) is 86.9 cm³/mol. The van der Waals surface area contributed by atoms with Crippen LogP contribution in [0.4, 0.5) is 0 Å². The molecule has 0 atom stereocenters. The predicted octanol–water partition coefficient (Wildman–Crippen LogP) is 3.51. The number of rotatable bonds is 1. The summed E-state index contributed by atoms with van der Waals surface area (Å²) in [4.78, 5) is 17.0. The summed E-state index contributed by atoms with van der Waals surface area (Å²) in [5, 5.41) is 9.42. The normalized spacial score (nSPS) is 11.6. The number of carbonyl (C=O) groups excluding carboxylic acids is 1. The van der Waals surface area contributed by atoms with Crippen molar-refractivity contribution in [1.29, 1.82) is 5.26 Å². The number of thiazole rings is 1. The number of hydrogen-bond acceptors (Lipinski definition) is 3. The van der Waals surface area contributed by atoms with Gasteiger partial charge in [0, 0.05) is 17.6 Å². The Kier molecular flexibility index (Phi) is 3.80. The highest BCUT2D eigenvalue weighted by atomic mass is 35.5. The highest BCUT2D eigenvalue weighted by Gasteiger charge is 2.07. The summed E-state index contributed by atoms with van der Waals surface area (Å²) in [7, 11) is 1.86. The van der Waals surface area contributed by atoms with Crippen LogP contribution in [0.3, 0.4) is 0 Å². The maximum Gasteiger partial charge on any atom is 0.279 e. The maximum atomic E-state index is 12.2. The standard InChI is InChI=1S/C16H10ClN3OS/c1-20-13-7-6-12(17)8-14(13)22-16(20)19-15(21)11-4-2-10(9-18)3-5-11/h2-8H,1H3. The number of aryl methyl sites for hydroxylation is 1. The van der Waals surface area contributed by atoms with E-state index in [0.29, 0.717) is 21.0 Å². The number of fused-ring (bicyclic) bond motifs is 1. The molecule has 0 aliphatic carbocycles. The lowest BCUT2D eigenvalue weighted by Crippen LogP contribution is -2.13. The zero-order valence-electron chi connectivity index (χ0n) is 11.6. The number of aromatic nitrogens is 1. The minimum absolute atomic E-state index is 0.335. The van der Waals surface area contributed by atoms with Gasteiger partial charge in [0.15, 0.2) is 4.80 Å². The lowest BCUT2D eigenvalue weighted by Gasteiger charge is -1.96. The van der Waals surface area contributed by atoms with Crippen molar-refractivity contribution in [3.05, 3.63) is 63.4 Å². The molecule has 0 fully saturated rings. The first kappa shape index (κ1) is 14.5. The van der Waals surface area contributed by atoms with E-state index in [1.807, 2.05) is 35.9 Å². The van der Waals surface area contributed by atoms with E-state index in [1.165, 1.54) is 11.3 Å². The summed E-state index contributed by atoms with van der Waals surface area (Å²) in [5.74, 6) is -0.335. The first-order valence-corrected chi connectivity index (χ1v) is 7.62. The summed E-state index contributed by atoms with van der Waals surface area (Å²) >= 11 is 7.39. The van der Waals surface area contributed by atoms with Crippen LogP contribution >= 0.6 is 22.9 Å². The van der Waals surface area contributed by atoms with Crippen LogP contribution in [0.25, 0.3) is 10.2 Å². The Balaban J connectivity index is 2.05. The average molecular weight is 328 g/mol. The quantitative estimate of drug-likeness (QED) is 0.686. The van der Waals surface area contributed by atoms with E-state index in [0.717, 1.165) is 10.2 Å². The SMILES string of the molecule is Cn1c(=NC(=O)c2ccc(C#N)cc2)sc2cc(Cl)ccc21. The van der Waals surface area contributed by atoms with Crippen LogP contribution in [0.1, 0.15) is 15.9 Å². The number of halogens is 1. The van der Waals surface area contributed by atoms with Gasteiger partial charge in [0.05, 0.1) is 21.8 Å². The van der Waals surface area contributed by atoms with Crippen LogP contribution in [0.2, 0.25) is 5.02 Å². The smallest absolute Gasteiger partial charge is 0.279 e. The highest BCUT2D eigenvalue weighted by Crippen LogP contribution is 2.21. The molecule has 3 aromatic rings. The fourth-order valence-corrected chi connectivity index (χ4v) is 3.35. The summed E-state index contributed by atoms with van der Waals surface area (Å²) in [6.45, 7) is 0. The van der Waals surface area contributed by atoms with Crippen LogP contribution in [0, 0.1) is 11.3 Å². The van der Waals surface area contributed by atoms with Crippen LogP contribution in [-0.2, 0) is 7.05 Å². The van der Waals surface area contributed by atoms with Crippen LogP contribution in [0.5, 0.6) is 0 Å². The number of nitrogens with zero attached hydrogens (tertiary/aromatic N) is 3. The highest BCUT2D eigenvalue weighted by molar-refractivity contribution is 7.16. The van der Waals surface area contributed by atoms with Gasteiger partial charge in [0.2, 0.25) is 0 Å². The molecule has 0 aliphatic rings. The number of amides is 1. The molecule has 3 rings (SSSR count). The number of hydrogen-bond donors (Lipinski definition) is 0. The van der Waals surface area contributed by atoms with Crippen molar-refractivity contribution in [2.45, 2.75) is 0 Å². The zero-order chi connectivity index (χ0) is 15.7. The minimum Gasteiger partial charge on any atom is -0.319 e. The molecule has 0 aliphatic heterocycles. The van der Waals surface area contributed by atoms with E-state index in [9.17, 15) is 4.79 Å². The molecule has 0 N–H and O–H groups in total. The number of carbonyl (C=O) groups is 1. The van der Waals surface area contributed by atoms with Gasteiger partial charge in [-0.25, -0.2) is 0 Å². The van der Waals surface area contributed by atoms with Crippen molar-refractivity contribution in [1.82, 2.24) is 4.57 Å². The third-order valence-electron chi connectivity index (χ3n) is 3.23. The largest absolute Gasteiger partial charge is 0.319 e. The van der Waals surface area contributed by atoms with Gasteiger partial charge < -0.3 is 4.57 Å². The lowest BCUT2D eigenvalue weighted by molar-refractivity contribution is 0.0998. The fraction of sp³-hybridized carbons (Fsp3) is 0.0625. The van der Waals surface area contributed by atoms with Gasteiger partial charge in [-0.3, -0.25) is 4.79 Å². The van der Waals surface area contributed by atoms with E-state index in [1.54, 1.807) is 24.3 Å². The van der Waals surface area contributed by atoms with E-state index >= 15 is 0 Å². The Morgan fingerprint density at radius 2 is 2.00 bits per heavy atom. The van der Waals surface area contributed by atoms with Crippen molar-refractivity contribution in [3.63, 3.8) is 0 Å². The Bertz CT molecular complexity index is 977. The van der Waals surface area contributed by atoms with E-state index in [4.69, 9.17) is 16.9 Å². The molecule has 0 saturated heterocycles. The summed E-state index contributed by atoms with van der Waals surface area (Å²) in [5.41, 5.74) is 1.94. The van der Waals surface area contributed by atoms with Gasteiger partial charge in [-0.2, -0.15) is 10.3 Å². The van der Waals surface area contributed by atoms with Gasteiger partial charge >= 0.3 is 0 Å². The molecule has 4 nitrogen and oxygen atoms in total. The summed E-state index contributed by atoms with van der Waals surface area (Å²) < 4.78 is 2.83. The molecule has 108 valence electrons. The van der Waals surface area contributed by atoms with Crippen molar-refractivity contribution in [3.8, 4) is 6.07 Å². The fourth-order valence-electron chi connectivity index (χ4n) is 2.05. The monoisotopic (exact) mass is 327 g/mol. The second kappa shape index (κ2) is 5.76. The molecular formula is C16H10ClN3OS. The molecule has 0 spiro atoms. The van der Waals surface area contributed by atoms with Crippen LogP contribution in [0.15, 0.2) is 47.5 Å². The molecule has 0 saturated carbocycles. The minimum atomic E-state index is -0.335. The van der Waals surface area contributed by atoms with Crippen LogP contribution in [-0.4, -0.2) is 10.5 Å². The van der Waals surface area contributed by atoms with E-state index < -0.39 is 0 Å². The van der Waals surface area contributed by atoms with Crippen molar-refractivity contribution in [2.75, 3.05) is 0 Å². The van der Waals surface area contributed by atoms with Crippen molar-refractivity contribution < 1.29 is 4.79 Å². The first-order chi connectivity index (χ1) is 10.6. The van der Waals surface area contributed by atoms with Gasteiger partial charge in [-0.15, -0.1) is 0 Å². The van der Waals surface area contributed by atoms with Crippen LogP contribution < -0.4 is 4.80 Å². The van der Waals surface area contributed by atoms with E-state index in [2.05, 4.69) is 4.99 Å². The Morgan fingerprint density at radius 1 is 1.27 bits per heavy atom. The molecule has 1 amide bonds. The van der Waals surface area contributed by atoms with Gasteiger partial charge in [0.1, 0.15) is 0 Å². The molecule has 6 heteroatoms. The third-order valence-corrected chi connectivity index (χ3v) is 4.56. The molecule has 1 heterocycles. The molecular weight excluding hydrogens is 318 g/mol. The van der Waals surface area contributed by atoms with Crippen molar-refractivity contribution >= 4 is 39.1 Å². The molecule has 2 aromatic carbocycles. The molecule has 22 heavy (non-hydrogen) atoms. The summed E-state index contributed by atoms with van der Waals surface area (Å²) in [6, 6.07) is 14.0. The maximum absolute atomic E-state index is 12.2. The Labute approximate surface area is 135 Å². The second-order valence-electron chi connectivity index (χ2n) is 4.66. The molecule has 0 radical (unpaired) electrons. The van der Waals surface area contributed by atoms with Gasteiger partial charge in [0.25, 0.3) is 5.91 Å². The summed E-state index contributed by atoms with van der Waals surface area (Å²) in [6.07, 6.45) is 0. The third kappa shape index (κ3) is 2.67. The number of benzene rings is 2. The first-order valence-electron chi connectivity index (χ1n) is 6.43. The Hall–Kier alpha value is -2.42.